The third-order valence-electron chi connectivity index (χ3n) is 5.68. The molecular formula is C28H18N2O3. The fraction of sp³-hybridized carbons (Fsp3) is 0. The van der Waals surface area contributed by atoms with E-state index in [9.17, 15) is 14.4 Å². The third-order valence-corrected chi connectivity index (χ3v) is 5.68. The van der Waals surface area contributed by atoms with Crippen LogP contribution in [0.15, 0.2) is 84.9 Å². The fourth-order valence-electron chi connectivity index (χ4n) is 3.90. The van der Waals surface area contributed by atoms with Crippen molar-refractivity contribution in [3.8, 4) is 33.6 Å². The lowest BCUT2D eigenvalue weighted by Crippen LogP contribution is -1.87. The number of aromatic amines is 1. The summed E-state index contributed by atoms with van der Waals surface area (Å²) in [5, 5.41) is 0. The largest absolute Gasteiger partial charge is 0.337 e. The molecule has 0 spiro atoms. The summed E-state index contributed by atoms with van der Waals surface area (Å²) in [6.45, 7) is 0. The number of hydrogen-bond acceptors (Lipinski definition) is 4. The molecule has 0 bridgehead atoms. The number of aromatic nitrogens is 2. The van der Waals surface area contributed by atoms with Crippen LogP contribution in [0.2, 0.25) is 0 Å². The lowest BCUT2D eigenvalue weighted by atomic mass is 9.97. The van der Waals surface area contributed by atoms with Crippen molar-refractivity contribution in [1.82, 2.24) is 9.97 Å². The molecule has 1 aromatic heterocycles. The van der Waals surface area contributed by atoms with Crippen LogP contribution in [0, 0.1) is 0 Å². The first-order chi connectivity index (χ1) is 16.2. The molecule has 158 valence electrons. The maximum absolute atomic E-state index is 11.1. The van der Waals surface area contributed by atoms with Gasteiger partial charge in [0.15, 0.2) is 0 Å². The number of benzene rings is 4. The average molecular weight is 430 g/mol. The summed E-state index contributed by atoms with van der Waals surface area (Å²) in [5.74, 6) is 0.685. The molecule has 33 heavy (non-hydrogen) atoms. The van der Waals surface area contributed by atoms with Crippen LogP contribution in [0.25, 0.3) is 44.7 Å². The van der Waals surface area contributed by atoms with Crippen molar-refractivity contribution < 1.29 is 14.4 Å². The predicted octanol–water partition coefficient (Wildman–Crippen LogP) is 6.00. The van der Waals surface area contributed by atoms with Crippen LogP contribution in [0.4, 0.5) is 0 Å². The molecule has 0 aliphatic rings. The van der Waals surface area contributed by atoms with Gasteiger partial charge in [-0.15, -0.1) is 0 Å². The molecule has 0 aliphatic carbocycles. The number of carbonyl (C=O) groups excluding carboxylic acids is 3. The quantitative estimate of drug-likeness (QED) is 0.335. The van der Waals surface area contributed by atoms with E-state index in [1.165, 1.54) is 0 Å². The summed E-state index contributed by atoms with van der Waals surface area (Å²) in [6.07, 6.45) is 2.45. The summed E-state index contributed by atoms with van der Waals surface area (Å²) in [4.78, 5) is 41.5. The van der Waals surface area contributed by atoms with E-state index in [1.807, 2.05) is 48.5 Å². The molecule has 0 saturated carbocycles. The minimum atomic E-state index is 0.599. The Morgan fingerprint density at radius 1 is 0.515 bits per heavy atom. The second-order valence-corrected chi connectivity index (χ2v) is 7.69. The molecule has 5 aromatic rings. The van der Waals surface area contributed by atoms with Gasteiger partial charge in [-0.1, -0.05) is 84.9 Å². The number of aldehydes is 3. The van der Waals surface area contributed by atoms with Crippen LogP contribution in [0.1, 0.15) is 31.1 Å². The second kappa shape index (κ2) is 8.48. The Morgan fingerprint density at radius 2 is 0.939 bits per heavy atom. The number of rotatable bonds is 6. The minimum absolute atomic E-state index is 0.599. The highest BCUT2D eigenvalue weighted by molar-refractivity contribution is 6.02. The third kappa shape index (κ3) is 3.77. The van der Waals surface area contributed by atoms with Gasteiger partial charge in [0.25, 0.3) is 0 Å². The molecule has 0 saturated heterocycles. The molecule has 4 aromatic carbocycles. The summed E-state index contributed by atoms with van der Waals surface area (Å²) in [7, 11) is 0. The highest BCUT2D eigenvalue weighted by Gasteiger charge is 2.15. The Bertz CT molecular complexity index is 1390. The zero-order chi connectivity index (χ0) is 22.8. The van der Waals surface area contributed by atoms with Crippen LogP contribution >= 0.6 is 0 Å². The Balaban J connectivity index is 1.72. The molecule has 0 radical (unpaired) electrons. The Hall–Kier alpha value is -4.64. The molecule has 0 fully saturated rings. The van der Waals surface area contributed by atoms with Crippen LogP contribution < -0.4 is 0 Å². The SMILES string of the molecule is O=Cc1ccc(-c2nc3c(-c4ccc(C=O)cc4)ccc(-c4ccc(C=O)cc4)c3[nH]2)cc1. The van der Waals surface area contributed by atoms with Crippen molar-refractivity contribution in [2.24, 2.45) is 0 Å². The molecule has 0 unspecified atom stereocenters. The molecule has 0 amide bonds. The van der Waals surface area contributed by atoms with Crippen molar-refractivity contribution in [3.05, 3.63) is 102 Å². The molecule has 0 atom stereocenters. The first-order valence-electron chi connectivity index (χ1n) is 10.4. The van der Waals surface area contributed by atoms with Crippen molar-refractivity contribution in [1.29, 1.82) is 0 Å². The van der Waals surface area contributed by atoms with Gasteiger partial charge in [-0.25, -0.2) is 4.98 Å². The number of H-pyrrole nitrogens is 1. The van der Waals surface area contributed by atoms with Gasteiger partial charge in [-0.2, -0.15) is 0 Å². The molecule has 5 nitrogen and oxygen atoms in total. The van der Waals surface area contributed by atoms with E-state index < -0.39 is 0 Å². The van der Waals surface area contributed by atoms with Gasteiger partial charge in [0, 0.05) is 33.4 Å². The summed E-state index contributed by atoms with van der Waals surface area (Å²) in [5.41, 5.74) is 8.13. The Kier molecular flexibility index (Phi) is 5.21. The monoisotopic (exact) mass is 430 g/mol. The summed E-state index contributed by atoms with van der Waals surface area (Å²) >= 11 is 0. The highest BCUT2D eigenvalue weighted by atomic mass is 16.1. The first kappa shape index (κ1) is 20.3. The molecule has 5 rings (SSSR count). The zero-order valence-corrected chi connectivity index (χ0v) is 17.5. The number of imidazole rings is 1. The van der Waals surface area contributed by atoms with Gasteiger partial charge in [0.1, 0.15) is 24.7 Å². The Morgan fingerprint density at radius 3 is 1.42 bits per heavy atom. The lowest BCUT2D eigenvalue weighted by molar-refractivity contribution is 0.111. The number of carbonyl (C=O) groups is 3. The lowest BCUT2D eigenvalue weighted by Gasteiger charge is -2.08. The Labute approximate surface area is 189 Å². The van der Waals surface area contributed by atoms with E-state index >= 15 is 0 Å². The van der Waals surface area contributed by atoms with Gasteiger partial charge in [-0.3, -0.25) is 14.4 Å². The van der Waals surface area contributed by atoms with Crippen molar-refractivity contribution in [3.63, 3.8) is 0 Å². The van der Waals surface area contributed by atoms with E-state index in [1.54, 1.807) is 36.4 Å². The van der Waals surface area contributed by atoms with Gasteiger partial charge >= 0.3 is 0 Å². The smallest absolute Gasteiger partial charge is 0.150 e. The van der Waals surface area contributed by atoms with E-state index in [4.69, 9.17) is 4.98 Å². The van der Waals surface area contributed by atoms with Crippen molar-refractivity contribution in [2.45, 2.75) is 0 Å². The first-order valence-corrected chi connectivity index (χ1v) is 10.4. The van der Waals surface area contributed by atoms with Crippen molar-refractivity contribution >= 4 is 29.9 Å². The van der Waals surface area contributed by atoms with Crippen LogP contribution in [-0.4, -0.2) is 28.8 Å². The van der Waals surface area contributed by atoms with Gasteiger partial charge in [-0.05, 0) is 11.1 Å². The van der Waals surface area contributed by atoms with E-state index in [2.05, 4.69) is 4.98 Å². The minimum Gasteiger partial charge on any atom is -0.337 e. The number of nitrogens with zero attached hydrogens (tertiary/aromatic N) is 1. The maximum Gasteiger partial charge on any atom is 0.150 e. The number of hydrogen-bond donors (Lipinski definition) is 1. The van der Waals surface area contributed by atoms with Gasteiger partial charge in [0.05, 0.1) is 11.0 Å². The molecule has 5 heteroatoms. The number of fused-ring (bicyclic) bond motifs is 1. The average Bonchev–Trinajstić information content (AvgIpc) is 3.34. The van der Waals surface area contributed by atoms with Crippen LogP contribution in [-0.2, 0) is 0 Å². The zero-order valence-electron chi connectivity index (χ0n) is 17.5. The summed E-state index contributed by atoms with van der Waals surface area (Å²) < 4.78 is 0. The predicted molar refractivity (Wildman–Crippen MR) is 129 cm³/mol. The topological polar surface area (TPSA) is 79.9 Å². The fourth-order valence-corrected chi connectivity index (χ4v) is 3.90. The molecular weight excluding hydrogens is 412 g/mol. The molecule has 1 N–H and O–H groups in total. The van der Waals surface area contributed by atoms with E-state index in [0.717, 1.165) is 57.7 Å². The van der Waals surface area contributed by atoms with Gasteiger partial charge < -0.3 is 4.98 Å². The normalized spacial score (nSPS) is 10.8. The molecule has 0 aliphatic heterocycles. The highest BCUT2D eigenvalue weighted by Crippen LogP contribution is 2.36. The maximum atomic E-state index is 11.1. The number of nitrogens with one attached hydrogen (secondary N) is 1. The van der Waals surface area contributed by atoms with Crippen LogP contribution in [0.5, 0.6) is 0 Å². The second-order valence-electron chi connectivity index (χ2n) is 7.69. The standard InChI is InChI=1S/C28H18N2O3/c31-15-18-1-7-21(8-2-18)24-13-14-25(22-9-3-19(16-32)4-10-22)27-26(24)29-28(30-27)23-11-5-20(17-33)6-12-23/h1-17H,(H,29,30). The van der Waals surface area contributed by atoms with E-state index in [-0.39, 0.29) is 0 Å². The van der Waals surface area contributed by atoms with Crippen molar-refractivity contribution in [2.75, 3.05) is 0 Å². The van der Waals surface area contributed by atoms with Gasteiger partial charge in [0.2, 0.25) is 0 Å². The van der Waals surface area contributed by atoms with Crippen LogP contribution in [0.3, 0.4) is 0 Å². The summed E-state index contributed by atoms with van der Waals surface area (Å²) in [6, 6.07) is 26.1. The molecule has 1 heterocycles. The van der Waals surface area contributed by atoms with E-state index in [0.29, 0.717) is 22.5 Å².